The molecule has 25 heavy (non-hydrogen) atoms. The molecule has 0 radical (unpaired) electrons. The van der Waals surface area contributed by atoms with Crippen LogP contribution >= 0.6 is 0 Å². The number of amides is 1. The van der Waals surface area contributed by atoms with Gasteiger partial charge >= 0.3 is 0 Å². The van der Waals surface area contributed by atoms with Gasteiger partial charge in [-0.3, -0.25) is 4.79 Å². The number of rotatable bonds is 6. The quantitative estimate of drug-likeness (QED) is 0.694. The number of carbonyl (C=O) groups excluding carboxylic acids is 1. The second-order valence-corrected chi connectivity index (χ2v) is 6.45. The zero-order valence-corrected chi connectivity index (χ0v) is 14.2. The molecule has 1 saturated carbocycles. The van der Waals surface area contributed by atoms with E-state index in [2.05, 4.69) is 4.98 Å². The maximum Gasteiger partial charge on any atom is 0.263 e. The van der Waals surface area contributed by atoms with Crippen LogP contribution in [0.3, 0.4) is 0 Å². The summed E-state index contributed by atoms with van der Waals surface area (Å²) in [5.74, 6) is 0.742. The second kappa shape index (κ2) is 6.59. The van der Waals surface area contributed by atoms with Crippen molar-refractivity contribution in [3.8, 4) is 5.75 Å². The molecule has 5 heteroatoms. The monoisotopic (exact) mass is 335 g/mol. The minimum Gasteiger partial charge on any atom is -0.481 e. The van der Waals surface area contributed by atoms with Crippen LogP contribution in [0.25, 0.3) is 5.65 Å². The highest BCUT2D eigenvalue weighted by molar-refractivity contribution is 5.81. The van der Waals surface area contributed by atoms with Crippen molar-refractivity contribution in [1.29, 1.82) is 0 Å². The molecule has 1 aliphatic rings. The van der Waals surface area contributed by atoms with Crippen LogP contribution in [0.1, 0.15) is 25.5 Å². The third kappa shape index (κ3) is 3.36. The summed E-state index contributed by atoms with van der Waals surface area (Å²) in [7, 11) is 0. The fraction of sp³-hybridized carbons (Fsp3) is 0.300. The molecule has 5 nitrogen and oxygen atoms in total. The van der Waals surface area contributed by atoms with Crippen LogP contribution < -0.4 is 4.74 Å². The summed E-state index contributed by atoms with van der Waals surface area (Å²) in [4.78, 5) is 19.3. The maximum absolute atomic E-state index is 13.0. The molecule has 2 aromatic heterocycles. The molecule has 0 spiro atoms. The third-order valence-electron chi connectivity index (χ3n) is 4.50. The number of pyridine rings is 1. The highest BCUT2D eigenvalue weighted by Crippen LogP contribution is 2.29. The van der Waals surface area contributed by atoms with E-state index in [9.17, 15) is 4.79 Å². The Morgan fingerprint density at radius 2 is 2.00 bits per heavy atom. The molecule has 0 bridgehead atoms. The van der Waals surface area contributed by atoms with Gasteiger partial charge in [-0.1, -0.05) is 24.3 Å². The summed E-state index contributed by atoms with van der Waals surface area (Å²) >= 11 is 0. The van der Waals surface area contributed by atoms with Crippen LogP contribution in [0.4, 0.5) is 0 Å². The normalized spacial score (nSPS) is 15.1. The lowest BCUT2D eigenvalue weighted by atomic mass is 10.2. The number of nitrogens with zero attached hydrogens (tertiary/aromatic N) is 3. The number of carbonyl (C=O) groups is 1. The van der Waals surface area contributed by atoms with Gasteiger partial charge in [0.15, 0.2) is 6.10 Å². The van der Waals surface area contributed by atoms with Gasteiger partial charge in [-0.15, -0.1) is 0 Å². The highest BCUT2D eigenvalue weighted by Gasteiger charge is 2.35. The minimum atomic E-state index is -0.512. The van der Waals surface area contributed by atoms with E-state index in [1.807, 2.05) is 77.1 Å². The van der Waals surface area contributed by atoms with E-state index >= 15 is 0 Å². The number of fused-ring (bicyclic) bond motifs is 1. The standard InChI is InChI=1S/C20H21N3O2/c1-15(25-18-7-3-2-4-8-18)20(24)23(16-10-11-16)14-17-13-21-19-9-5-6-12-22(17)19/h2-9,12-13,15-16H,10-11,14H2,1H3. The van der Waals surface area contributed by atoms with Crippen molar-refractivity contribution in [2.24, 2.45) is 0 Å². The van der Waals surface area contributed by atoms with Crippen molar-refractivity contribution in [1.82, 2.24) is 14.3 Å². The number of benzene rings is 1. The van der Waals surface area contributed by atoms with Crippen LogP contribution in [-0.4, -0.2) is 32.3 Å². The largest absolute Gasteiger partial charge is 0.481 e. The second-order valence-electron chi connectivity index (χ2n) is 6.45. The van der Waals surface area contributed by atoms with E-state index < -0.39 is 6.10 Å². The maximum atomic E-state index is 13.0. The zero-order valence-electron chi connectivity index (χ0n) is 14.2. The minimum absolute atomic E-state index is 0.0252. The van der Waals surface area contributed by atoms with Gasteiger partial charge in [0.25, 0.3) is 5.91 Å². The van der Waals surface area contributed by atoms with Gasteiger partial charge in [0.05, 0.1) is 18.4 Å². The van der Waals surface area contributed by atoms with Crippen LogP contribution in [0.5, 0.6) is 5.75 Å². The molecule has 1 amide bonds. The lowest BCUT2D eigenvalue weighted by molar-refractivity contribution is -0.139. The molecule has 0 N–H and O–H groups in total. The van der Waals surface area contributed by atoms with Gasteiger partial charge in [0, 0.05) is 12.2 Å². The summed E-state index contributed by atoms with van der Waals surface area (Å²) in [5.41, 5.74) is 1.91. The Balaban J connectivity index is 1.52. The van der Waals surface area contributed by atoms with Gasteiger partial charge in [-0.2, -0.15) is 0 Å². The number of ether oxygens (including phenoxy) is 1. The first-order chi connectivity index (χ1) is 12.2. The first kappa shape index (κ1) is 15.7. The number of hydrogen-bond acceptors (Lipinski definition) is 3. The predicted octanol–water partition coefficient (Wildman–Crippen LogP) is 3.29. The van der Waals surface area contributed by atoms with Gasteiger partial charge in [-0.05, 0) is 44.0 Å². The molecule has 0 aliphatic heterocycles. The Labute approximate surface area is 146 Å². The van der Waals surface area contributed by atoms with E-state index in [0.717, 1.165) is 24.2 Å². The van der Waals surface area contributed by atoms with Crippen molar-refractivity contribution in [2.75, 3.05) is 0 Å². The molecule has 1 unspecified atom stereocenters. The SMILES string of the molecule is CC(Oc1ccccc1)C(=O)N(Cc1cnc2ccccn12)C1CC1. The topological polar surface area (TPSA) is 46.8 Å². The van der Waals surface area contributed by atoms with Gasteiger partial charge in [0.2, 0.25) is 0 Å². The predicted molar refractivity (Wildman–Crippen MR) is 95.3 cm³/mol. The Morgan fingerprint density at radius 3 is 2.76 bits per heavy atom. The molecular weight excluding hydrogens is 314 g/mol. The third-order valence-corrected chi connectivity index (χ3v) is 4.50. The molecule has 1 atom stereocenters. The summed E-state index contributed by atoms with van der Waals surface area (Å²) < 4.78 is 7.86. The Morgan fingerprint density at radius 1 is 1.24 bits per heavy atom. The molecule has 2 heterocycles. The lowest BCUT2D eigenvalue weighted by Crippen LogP contribution is -2.41. The Bertz CT molecular complexity index is 871. The Hall–Kier alpha value is -2.82. The van der Waals surface area contributed by atoms with Crippen molar-refractivity contribution >= 4 is 11.6 Å². The van der Waals surface area contributed by atoms with Crippen molar-refractivity contribution in [3.05, 3.63) is 66.6 Å². The molecule has 0 saturated heterocycles. The summed E-state index contributed by atoms with van der Waals surface area (Å²) in [6.45, 7) is 2.37. The van der Waals surface area contributed by atoms with Crippen LogP contribution in [0.2, 0.25) is 0 Å². The van der Waals surface area contributed by atoms with Crippen LogP contribution in [0.15, 0.2) is 60.9 Å². The number of imidazole rings is 1. The number of hydrogen-bond donors (Lipinski definition) is 0. The van der Waals surface area contributed by atoms with E-state index in [1.54, 1.807) is 0 Å². The van der Waals surface area contributed by atoms with Crippen LogP contribution in [0, 0.1) is 0 Å². The van der Waals surface area contributed by atoms with E-state index in [4.69, 9.17) is 4.74 Å². The molecule has 1 fully saturated rings. The van der Waals surface area contributed by atoms with E-state index in [1.165, 1.54) is 0 Å². The zero-order chi connectivity index (χ0) is 17.2. The molecule has 128 valence electrons. The summed E-state index contributed by atoms with van der Waals surface area (Å²) in [5, 5.41) is 0. The van der Waals surface area contributed by atoms with Gasteiger partial charge in [-0.25, -0.2) is 4.98 Å². The van der Waals surface area contributed by atoms with Crippen LogP contribution in [-0.2, 0) is 11.3 Å². The van der Waals surface area contributed by atoms with Gasteiger partial charge in [0.1, 0.15) is 11.4 Å². The molecule has 1 aromatic carbocycles. The van der Waals surface area contributed by atoms with Crippen molar-refractivity contribution < 1.29 is 9.53 Å². The van der Waals surface area contributed by atoms with E-state index in [-0.39, 0.29) is 5.91 Å². The first-order valence-electron chi connectivity index (χ1n) is 8.65. The highest BCUT2D eigenvalue weighted by atomic mass is 16.5. The van der Waals surface area contributed by atoms with E-state index in [0.29, 0.717) is 18.3 Å². The summed E-state index contributed by atoms with van der Waals surface area (Å²) in [6, 6.07) is 15.7. The number of para-hydroxylation sites is 1. The first-order valence-corrected chi connectivity index (χ1v) is 8.65. The Kier molecular flexibility index (Phi) is 4.14. The average Bonchev–Trinajstić information content (AvgIpc) is 3.41. The average molecular weight is 335 g/mol. The molecule has 4 rings (SSSR count). The van der Waals surface area contributed by atoms with Crippen molar-refractivity contribution in [3.63, 3.8) is 0 Å². The fourth-order valence-electron chi connectivity index (χ4n) is 3.04. The summed E-state index contributed by atoms with van der Waals surface area (Å²) in [6.07, 6.45) is 5.43. The smallest absolute Gasteiger partial charge is 0.263 e. The number of aromatic nitrogens is 2. The molecule has 1 aliphatic carbocycles. The molecule has 3 aromatic rings. The molecular formula is C20H21N3O2. The van der Waals surface area contributed by atoms with Gasteiger partial charge < -0.3 is 14.0 Å². The lowest BCUT2D eigenvalue weighted by Gasteiger charge is -2.26. The fourth-order valence-corrected chi connectivity index (χ4v) is 3.04. The van der Waals surface area contributed by atoms with Crippen molar-refractivity contribution in [2.45, 2.75) is 38.5 Å².